The zero-order valence-electron chi connectivity index (χ0n) is 4.87. The molecule has 1 rings (SSSR count). The van der Waals surface area contributed by atoms with Crippen molar-refractivity contribution in [1.82, 2.24) is 0 Å². The second kappa shape index (κ2) is 1.60. The van der Waals surface area contributed by atoms with E-state index in [1.54, 1.807) is 0 Å². The second-order valence-corrected chi connectivity index (χ2v) is 13.8. The molecule has 1 saturated heterocycles. The second-order valence-electron chi connectivity index (χ2n) is 3.17. The molecule has 0 bridgehead atoms. The molecular weight excluding hydrogens is 140 g/mol. The van der Waals surface area contributed by atoms with Crippen molar-refractivity contribution in [2.24, 2.45) is 0 Å². The van der Waals surface area contributed by atoms with E-state index in [4.69, 9.17) is 11.1 Å². The van der Waals surface area contributed by atoms with Crippen LogP contribution in [0.1, 0.15) is 0 Å². The van der Waals surface area contributed by atoms with E-state index in [0.717, 1.165) is 0 Å². The molecule has 3 heteroatoms. The van der Waals surface area contributed by atoms with Crippen molar-refractivity contribution >= 4 is 27.3 Å². The number of halogens is 1. The summed E-state index contributed by atoms with van der Waals surface area (Å²) in [6.07, 6.45) is 0. The molecule has 1 heterocycles. The Kier molecular flexibility index (Phi) is 1.34. The van der Waals surface area contributed by atoms with Gasteiger partial charge in [0.15, 0.2) is 0 Å². The highest BCUT2D eigenvalue weighted by molar-refractivity contribution is 7.24. The lowest BCUT2D eigenvalue weighted by atomic mass is 11.7. The first-order valence-corrected chi connectivity index (χ1v) is 9.53. The molecule has 0 aromatic rings. The summed E-state index contributed by atoms with van der Waals surface area (Å²) in [6.45, 7) is 4.86. The third-order valence-corrected chi connectivity index (χ3v) is 16.7. The van der Waals surface area contributed by atoms with E-state index in [1.807, 2.05) is 0 Å². The quantitative estimate of drug-likeness (QED) is 0.365. The number of hydrogen-bond acceptors (Lipinski definition) is 0. The Bertz CT molecular complexity index is 73.8. The first-order valence-electron chi connectivity index (χ1n) is 2.74. The maximum atomic E-state index is 5.91. The SMILES string of the molecule is C[Si]1(C)C[SiH](Cl)C1. The zero-order chi connectivity index (χ0) is 5.49. The van der Waals surface area contributed by atoms with E-state index in [-0.39, 0.29) is 0 Å². The van der Waals surface area contributed by atoms with E-state index in [0.29, 0.717) is 0 Å². The van der Waals surface area contributed by atoms with Crippen LogP contribution < -0.4 is 0 Å². The van der Waals surface area contributed by atoms with Gasteiger partial charge < -0.3 is 0 Å². The average molecular weight is 151 g/mol. The summed E-state index contributed by atoms with van der Waals surface area (Å²) < 4.78 is 0. The van der Waals surface area contributed by atoms with Crippen molar-refractivity contribution in [3.8, 4) is 0 Å². The Morgan fingerprint density at radius 1 is 1.43 bits per heavy atom. The lowest BCUT2D eigenvalue weighted by Crippen LogP contribution is -2.45. The van der Waals surface area contributed by atoms with Gasteiger partial charge in [-0.1, -0.05) is 24.4 Å². The summed E-state index contributed by atoms with van der Waals surface area (Å²) in [4.78, 5) is 0. The predicted molar refractivity (Wildman–Crippen MR) is 40.1 cm³/mol. The molecule has 0 nitrogen and oxygen atoms in total. The van der Waals surface area contributed by atoms with Gasteiger partial charge in [-0.25, -0.2) is 0 Å². The van der Waals surface area contributed by atoms with Crippen molar-refractivity contribution < 1.29 is 0 Å². The Labute approximate surface area is 52.2 Å². The molecular formula is C4H11ClSi2. The topological polar surface area (TPSA) is 0 Å². The third-order valence-electron chi connectivity index (χ3n) is 1.55. The molecule has 0 aliphatic carbocycles. The van der Waals surface area contributed by atoms with Crippen LogP contribution in [0.4, 0.5) is 0 Å². The number of rotatable bonds is 0. The van der Waals surface area contributed by atoms with Crippen LogP contribution in [0.5, 0.6) is 0 Å². The molecule has 1 aliphatic rings. The van der Waals surface area contributed by atoms with Crippen molar-refractivity contribution in [2.45, 2.75) is 24.4 Å². The molecule has 0 N–H and O–H groups in total. The van der Waals surface area contributed by atoms with E-state index in [1.165, 1.54) is 11.3 Å². The summed E-state index contributed by atoms with van der Waals surface area (Å²) in [7, 11) is -1.14. The number of hydrogen-bond donors (Lipinski definition) is 0. The minimum absolute atomic E-state index is 0.560. The van der Waals surface area contributed by atoms with E-state index >= 15 is 0 Å². The normalized spacial score (nSPS) is 29.6. The molecule has 0 atom stereocenters. The maximum absolute atomic E-state index is 5.91. The maximum Gasteiger partial charge on any atom is 0.135 e. The van der Waals surface area contributed by atoms with Gasteiger partial charge in [-0.05, 0) is 0 Å². The van der Waals surface area contributed by atoms with Gasteiger partial charge in [0.25, 0.3) is 0 Å². The Hall–Kier alpha value is 0.724. The summed E-state index contributed by atoms with van der Waals surface area (Å²) in [6, 6.07) is 0. The molecule has 0 radical (unpaired) electrons. The fourth-order valence-corrected chi connectivity index (χ4v) is 17.8. The van der Waals surface area contributed by atoms with E-state index < -0.39 is 16.2 Å². The Morgan fingerprint density at radius 2 is 1.86 bits per heavy atom. The molecule has 1 fully saturated rings. The monoisotopic (exact) mass is 150 g/mol. The van der Waals surface area contributed by atoms with Crippen LogP contribution in [0.2, 0.25) is 24.4 Å². The van der Waals surface area contributed by atoms with Gasteiger partial charge in [0, 0.05) is 8.07 Å². The molecule has 0 saturated carbocycles. The smallest absolute Gasteiger partial charge is 0.135 e. The Morgan fingerprint density at radius 3 is 1.86 bits per heavy atom. The molecule has 0 unspecified atom stereocenters. The van der Waals surface area contributed by atoms with Gasteiger partial charge in [0.05, 0.1) is 0 Å². The molecule has 0 aromatic heterocycles. The minimum atomic E-state index is -0.584. The predicted octanol–water partition coefficient (Wildman–Crippen LogP) is 1.75. The van der Waals surface area contributed by atoms with E-state index in [2.05, 4.69) is 13.1 Å². The largest absolute Gasteiger partial charge is 0.172 e. The van der Waals surface area contributed by atoms with Crippen molar-refractivity contribution in [2.75, 3.05) is 0 Å². The fourth-order valence-electron chi connectivity index (χ4n) is 1.14. The summed E-state index contributed by atoms with van der Waals surface area (Å²) >= 11 is 5.91. The van der Waals surface area contributed by atoms with Gasteiger partial charge in [0.2, 0.25) is 0 Å². The molecule has 0 aromatic carbocycles. The Balaban J connectivity index is 2.29. The van der Waals surface area contributed by atoms with Crippen LogP contribution in [-0.2, 0) is 0 Å². The highest BCUT2D eigenvalue weighted by Gasteiger charge is 2.37. The highest BCUT2D eigenvalue weighted by Crippen LogP contribution is 2.32. The molecule has 42 valence electrons. The lowest BCUT2D eigenvalue weighted by molar-refractivity contribution is 1.46. The summed E-state index contributed by atoms with van der Waals surface area (Å²) in [5.74, 6) is 0. The summed E-state index contributed by atoms with van der Waals surface area (Å²) in [5.41, 5.74) is 2.96. The molecule has 0 spiro atoms. The molecule has 0 amide bonds. The fraction of sp³-hybridized carbons (Fsp3) is 1.00. The van der Waals surface area contributed by atoms with Crippen molar-refractivity contribution in [3.05, 3.63) is 0 Å². The van der Waals surface area contributed by atoms with Crippen LogP contribution in [0.15, 0.2) is 0 Å². The molecule has 1 aliphatic heterocycles. The van der Waals surface area contributed by atoms with E-state index in [9.17, 15) is 0 Å². The van der Waals surface area contributed by atoms with Crippen LogP contribution in [0.25, 0.3) is 0 Å². The van der Waals surface area contributed by atoms with Crippen LogP contribution >= 0.6 is 11.1 Å². The van der Waals surface area contributed by atoms with Gasteiger partial charge >= 0.3 is 0 Å². The highest BCUT2D eigenvalue weighted by atomic mass is 35.6. The van der Waals surface area contributed by atoms with Gasteiger partial charge in [-0.15, -0.1) is 0 Å². The first-order chi connectivity index (χ1) is 3.10. The third kappa shape index (κ3) is 1.30. The lowest BCUT2D eigenvalue weighted by Gasteiger charge is -2.35. The van der Waals surface area contributed by atoms with Gasteiger partial charge in [0.1, 0.15) is 8.11 Å². The van der Waals surface area contributed by atoms with Crippen LogP contribution in [0.3, 0.4) is 0 Å². The zero-order valence-corrected chi connectivity index (χ0v) is 7.78. The van der Waals surface area contributed by atoms with Crippen LogP contribution in [-0.4, -0.2) is 16.2 Å². The van der Waals surface area contributed by atoms with Gasteiger partial charge in [-0.2, -0.15) is 11.1 Å². The first kappa shape index (κ1) is 5.85. The van der Waals surface area contributed by atoms with Crippen molar-refractivity contribution in [3.63, 3.8) is 0 Å². The standard InChI is InChI=1S/C4H11ClSi2/c1-7(2)3-6(5)4-7/h6H,3-4H2,1-2H3. The van der Waals surface area contributed by atoms with Gasteiger partial charge in [-0.3, -0.25) is 0 Å². The summed E-state index contributed by atoms with van der Waals surface area (Å²) in [5, 5.41) is 0. The minimum Gasteiger partial charge on any atom is -0.172 e. The average Bonchev–Trinajstić information content (AvgIpc) is 1.27. The van der Waals surface area contributed by atoms with Crippen LogP contribution in [0, 0.1) is 0 Å². The molecule has 7 heavy (non-hydrogen) atoms. The van der Waals surface area contributed by atoms with Crippen molar-refractivity contribution in [1.29, 1.82) is 0 Å².